The van der Waals surface area contributed by atoms with Gasteiger partial charge in [-0.3, -0.25) is 4.79 Å². The Kier molecular flexibility index (Phi) is 4.99. The fourth-order valence-electron chi connectivity index (χ4n) is 2.26. The molecular weight excluding hydrogens is 282 g/mol. The molecule has 1 heterocycles. The number of aryl methyl sites for hydroxylation is 1. The summed E-state index contributed by atoms with van der Waals surface area (Å²) in [5.41, 5.74) is 1.07. The maximum atomic E-state index is 12.5. The first kappa shape index (κ1) is 15.8. The summed E-state index contributed by atoms with van der Waals surface area (Å²) in [6.45, 7) is 4.64. The number of carboxylic acid groups (broad SMARTS) is 1. The standard InChI is InChI=1S/C17H19NO4/c1-3-14-13(17(20)21)10-15(22-14)16(19)18(4-2)11-12-8-6-5-7-9-12/h5-10H,3-4,11H2,1-2H3,(H,20,21). The molecule has 0 unspecified atom stereocenters. The Labute approximate surface area is 129 Å². The molecule has 2 rings (SSSR count). The number of aromatic carboxylic acids is 1. The molecular formula is C17H19NO4. The van der Waals surface area contributed by atoms with Crippen LogP contribution in [0.5, 0.6) is 0 Å². The van der Waals surface area contributed by atoms with Crippen molar-refractivity contribution in [1.82, 2.24) is 4.90 Å². The van der Waals surface area contributed by atoms with Gasteiger partial charge in [-0.1, -0.05) is 37.3 Å². The first-order valence-corrected chi connectivity index (χ1v) is 7.26. The summed E-state index contributed by atoms with van der Waals surface area (Å²) >= 11 is 0. The van der Waals surface area contributed by atoms with E-state index in [0.717, 1.165) is 5.56 Å². The van der Waals surface area contributed by atoms with Gasteiger partial charge < -0.3 is 14.4 Å². The molecule has 2 aromatic rings. The predicted molar refractivity (Wildman–Crippen MR) is 81.9 cm³/mol. The number of rotatable bonds is 6. The van der Waals surface area contributed by atoms with Gasteiger partial charge in [0, 0.05) is 25.6 Å². The van der Waals surface area contributed by atoms with E-state index in [1.165, 1.54) is 6.07 Å². The van der Waals surface area contributed by atoms with E-state index in [-0.39, 0.29) is 17.2 Å². The number of hydrogen-bond acceptors (Lipinski definition) is 3. The lowest BCUT2D eigenvalue weighted by molar-refractivity contribution is 0.0690. The van der Waals surface area contributed by atoms with Crippen molar-refractivity contribution >= 4 is 11.9 Å². The Morgan fingerprint density at radius 3 is 2.36 bits per heavy atom. The normalized spacial score (nSPS) is 10.5. The molecule has 0 aliphatic rings. The summed E-state index contributed by atoms with van der Waals surface area (Å²) in [5.74, 6) is -0.974. The summed E-state index contributed by atoms with van der Waals surface area (Å²) < 4.78 is 5.44. The van der Waals surface area contributed by atoms with Gasteiger partial charge >= 0.3 is 5.97 Å². The Morgan fingerprint density at radius 2 is 1.86 bits per heavy atom. The molecule has 116 valence electrons. The molecule has 22 heavy (non-hydrogen) atoms. The lowest BCUT2D eigenvalue weighted by atomic mass is 10.2. The van der Waals surface area contributed by atoms with Gasteiger partial charge in [0.1, 0.15) is 11.3 Å². The second-order valence-electron chi connectivity index (χ2n) is 4.91. The molecule has 1 aromatic carbocycles. The molecule has 0 saturated heterocycles. The maximum Gasteiger partial charge on any atom is 0.339 e. The van der Waals surface area contributed by atoms with E-state index < -0.39 is 5.97 Å². The molecule has 1 amide bonds. The van der Waals surface area contributed by atoms with Crippen LogP contribution in [0, 0.1) is 0 Å². The van der Waals surface area contributed by atoms with Gasteiger partial charge in [0.05, 0.1) is 0 Å². The summed E-state index contributed by atoms with van der Waals surface area (Å²) in [6, 6.07) is 10.9. The topological polar surface area (TPSA) is 70.8 Å². The summed E-state index contributed by atoms with van der Waals surface area (Å²) in [5, 5.41) is 9.14. The van der Waals surface area contributed by atoms with Crippen LogP contribution in [0.15, 0.2) is 40.8 Å². The largest absolute Gasteiger partial charge is 0.478 e. The quantitative estimate of drug-likeness (QED) is 0.889. The molecule has 0 fully saturated rings. The average molecular weight is 301 g/mol. The van der Waals surface area contributed by atoms with E-state index in [9.17, 15) is 9.59 Å². The molecule has 5 heteroatoms. The van der Waals surface area contributed by atoms with E-state index in [2.05, 4.69) is 0 Å². The molecule has 0 atom stereocenters. The summed E-state index contributed by atoms with van der Waals surface area (Å²) in [4.78, 5) is 25.3. The van der Waals surface area contributed by atoms with Gasteiger partial charge in [-0.15, -0.1) is 0 Å². The third kappa shape index (κ3) is 3.36. The third-order valence-corrected chi connectivity index (χ3v) is 3.46. The fraction of sp³-hybridized carbons (Fsp3) is 0.294. The number of carbonyl (C=O) groups is 2. The van der Waals surface area contributed by atoms with Crippen molar-refractivity contribution in [2.24, 2.45) is 0 Å². The predicted octanol–water partition coefficient (Wildman–Crippen LogP) is 3.20. The molecule has 1 N–H and O–H groups in total. The van der Waals surface area contributed by atoms with Crippen molar-refractivity contribution < 1.29 is 19.1 Å². The molecule has 0 bridgehead atoms. The average Bonchev–Trinajstić information content (AvgIpc) is 2.97. The number of hydrogen-bond donors (Lipinski definition) is 1. The highest BCUT2D eigenvalue weighted by atomic mass is 16.4. The molecule has 0 aliphatic heterocycles. The first-order valence-electron chi connectivity index (χ1n) is 7.26. The zero-order valence-electron chi connectivity index (χ0n) is 12.7. The van der Waals surface area contributed by atoms with Crippen LogP contribution < -0.4 is 0 Å². The minimum Gasteiger partial charge on any atom is -0.478 e. The summed E-state index contributed by atoms with van der Waals surface area (Å²) in [6.07, 6.45) is 0.430. The minimum absolute atomic E-state index is 0.0571. The Morgan fingerprint density at radius 1 is 1.18 bits per heavy atom. The zero-order chi connectivity index (χ0) is 16.1. The van der Waals surface area contributed by atoms with Gasteiger partial charge in [-0.05, 0) is 12.5 Å². The van der Waals surface area contributed by atoms with Crippen molar-refractivity contribution in [3.8, 4) is 0 Å². The number of carboxylic acids is 1. The monoisotopic (exact) mass is 301 g/mol. The lowest BCUT2D eigenvalue weighted by Crippen LogP contribution is -2.30. The number of amides is 1. The van der Waals surface area contributed by atoms with Gasteiger partial charge in [0.15, 0.2) is 5.76 Å². The Bertz CT molecular complexity index is 661. The zero-order valence-corrected chi connectivity index (χ0v) is 12.7. The van der Waals surface area contributed by atoms with Crippen LogP contribution in [0.25, 0.3) is 0 Å². The third-order valence-electron chi connectivity index (χ3n) is 3.46. The number of furan rings is 1. The number of benzene rings is 1. The highest BCUT2D eigenvalue weighted by Crippen LogP contribution is 2.19. The minimum atomic E-state index is -1.08. The van der Waals surface area contributed by atoms with Crippen LogP contribution in [0.1, 0.15) is 46.1 Å². The van der Waals surface area contributed by atoms with Gasteiger partial charge in [-0.2, -0.15) is 0 Å². The van der Waals surface area contributed by atoms with Crippen LogP contribution in [0.2, 0.25) is 0 Å². The van der Waals surface area contributed by atoms with Crippen molar-refractivity contribution in [2.75, 3.05) is 6.54 Å². The van der Waals surface area contributed by atoms with Crippen molar-refractivity contribution in [1.29, 1.82) is 0 Å². The second kappa shape index (κ2) is 6.93. The molecule has 5 nitrogen and oxygen atoms in total. The Hall–Kier alpha value is -2.56. The van der Waals surface area contributed by atoms with Crippen LogP contribution in [-0.2, 0) is 13.0 Å². The molecule has 1 aromatic heterocycles. The van der Waals surface area contributed by atoms with E-state index in [4.69, 9.17) is 9.52 Å². The SMILES string of the molecule is CCc1oc(C(=O)N(CC)Cc2ccccc2)cc1C(=O)O. The van der Waals surface area contributed by atoms with Gasteiger partial charge in [0.2, 0.25) is 0 Å². The molecule has 0 saturated carbocycles. The van der Waals surface area contributed by atoms with Gasteiger partial charge in [-0.25, -0.2) is 4.79 Å². The van der Waals surface area contributed by atoms with Crippen LogP contribution in [-0.4, -0.2) is 28.4 Å². The van der Waals surface area contributed by atoms with E-state index in [0.29, 0.717) is 25.3 Å². The van der Waals surface area contributed by atoms with E-state index in [1.807, 2.05) is 37.3 Å². The smallest absolute Gasteiger partial charge is 0.339 e. The van der Waals surface area contributed by atoms with Crippen LogP contribution in [0.3, 0.4) is 0 Å². The van der Waals surface area contributed by atoms with E-state index in [1.54, 1.807) is 11.8 Å². The molecule has 0 radical (unpaired) electrons. The molecule has 0 spiro atoms. The maximum absolute atomic E-state index is 12.5. The highest BCUT2D eigenvalue weighted by molar-refractivity contribution is 5.96. The van der Waals surface area contributed by atoms with Crippen molar-refractivity contribution in [3.05, 3.63) is 59.0 Å². The molecule has 0 aliphatic carbocycles. The van der Waals surface area contributed by atoms with Crippen LogP contribution in [0.4, 0.5) is 0 Å². The van der Waals surface area contributed by atoms with Crippen LogP contribution >= 0.6 is 0 Å². The summed E-state index contributed by atoms with van der Waals surface area (Å²) in [7, 11) is 0. The first-order chi connectivity index (χ1) is 10.6. The van der Waals surface area contributed by atoms with Crippen molar-refractivity contribution in [2.45, 2.75) is 26.8 Å². The fourth-order valence-corrected chi connectivity index (χ4v) is 2.26. The van der Waals surface area contributed by atoms with Gasteiger partial charge in [0.25, 0.3) is 5.91 Å². The second-order valence-corrected chi connectivity index (χ2v) is 4.91. The number of nitrogens with zero attached hydrogens (tertiary/aromatic N) is 1. The van der Waals surface area contributed by atoms with E-state index >= 15 is 0 Å². The van der Waals surface area contributed by atoms with Crippen molar-refractivity contribution in [3.63, 3.8) is 0 Å². The highest BCUT2D eigenvalue weighted by Gasteiger charge is 2.23. The number of carbonyl (C=O) groups excluding carboxylic acids is 1. The lowest BCUT2D eigenvalue weighted by Gasteiger charge is -2.19. The Balaban J connectivity index is 2.23.